The monoisotopic (exact) mass is 198 g/mol. The Hall–Kier alpha value is 0.0500. The van der Waals surface area contributed by atoms with E-state index in [-0.39, 0.29) is 13.5 Å². The first-order chi connectivity index (χ1) is 3.81. The average molecular weight is 198 g/mol. The van der Waals surface area contributed by atoms with Crippen LogP contribution in [0.2, 0.25) is 0 Å². The number of rotatable bonds is 1. The molecule has 0 heterocycles. The van der Waals surface area contributed by atoms with Crippen LogP contribution in [-0.2, 0) is 14.3 Å². The van der Waals surface area contributed by atoms with E-state index in [0.29, 0.717) is 7.11 Å². The topological polar surface area (TPSA) is 43.4 Å². The van der Waals surface area contributed by atoms with Crippen LogP contribution in [0.4, 0.5) is 13.2 Å². The van der Waals surface area contributed by atoms with Gasteiger partial charge in [-0.15, -0.1) is 0 Å². The molecule has 0 atom stereocenters. The van der Waals surface area contributed by atoms with Gasteiger partial charge in [0.05, 0.1) is 7.11 Å². The van der Waals surface area contributed by atoms with Gasteiger partial charge in [0, 0.05) is 0 Å². The van der Waals surface area contributed by atoms with Crippen molar-refractivity contribution >= 4 is 23.6 Å². The van der Waals surface area contributed by atoms with Crippen molar-refractivity contribution in [3.05, 3.63) is 0 Å². The van der Waals surface area contributed by atoms with Crippen molar-refractivity contribution in [3.63, 3.8) is 0 Å². The largest absolute Gasteiger partial charge is 0.523 e. The lowest BCUT2D eigenvalue weighted by Gasteiger charge is -2.02. The van der Waals surface area contributed by atoms with Crippen molar-refractivity contribution in [1.82, 2.24) is 0 Å². The van der Waals surface area contributed by atoms with Gasteiger partial charge in [-0.05, 0) is 0 Å². The Labute approximate surface area is 62.7 Å². The number of hydrogen-bond donors (Lipinski definition) is 0. The third-order valence-corrected chi connectivity index (χ3v) is 1.51. The van der Waals surface area contributed by atoms with Crippen molar-refractivity contribution in [3.8, 4) is 0 Å². The molecule has 10 heavy (non-hydrogen) atoms. The van der Waals surface area contributed by atoms with Gasteiger partial charge < -0.3 is 0 Å². The van der Waals surface area contributed by atoms with Crippen LogP contribution >= 0.6 is 13.5 Å². The van der Waals surface area contributed by atoms with Crippen LogP contribution in [0.25, 0.3) is 0 Å². The number of hydrogen-bond acceptors (Lipinski definition) is 3. The summed E-state index contributed by atoms with van der Waals surface area (Å²) in [4.78, 5) is 0. The Morgan fingerprint density at radius 3 is 1.60 bits per heavy atom. The van der Waals surface area contributed by atoms with Crippen LogP contribution in [0.5, 0.6) is 0 Å². The van der Waals surface area contributed by atoms with Gasteiger partial charge in [0.15, 0.2) is 0 Å². The van der Waals surface area contributed by atoms with Gasteiger partial charge in [-0.25, -0.2) is 0 Å². The van der Waals surface area contributed by atoms with Gasteiger partial charge >= 0.3 is 15.6 Å². The van der Waals surface area contributed by atoms with Gasteiger partial charge in [-0.2, -0.15) is 35.1 Å². The fourth-order valence-electron chi connectivity index (χ4n) is 0.0945. The summed E-state index contributed by atoms with van der Waals surface area (Å²) >= 11 is 0. The van der Waals surface area contributed by atoms with Crippen molar-refractivity contribution < 1.29 is 25.8 Å². The summed E-state index contributed by atoms with van der Waals surface area (Å²) in [7, 11) is -4.89. The molecule has 0 spiro atoms. The molecule has 8 heteroatoms. The van der Waals surface area contributed by atoms with E-state index in [4.69, 9.17) is 0 Å². The molecule has 0 rings (SSSR count). The summed E-state index contributed by atoms with van der Waals surface area (Å²) in [6.07, 6.45) is 0. The number of alkyl halides is 3. The molecule has 0 unspecified atom stereocenters. The van der Waals surface area contributed by atoms with Gasteiger partial charge in [0.2, 0.25) is 0 Å². The van der Waals surface area contributed by atoms with Gasteiger partial charge in [-0.1, -0.05) is 0 Å². The predicted octanol–water partition coefficient (Wildman–Crippen LogP) is 0.595. The second-order valence-electron chi connectivity index (χ2n) is 1.07. The summed E-state index contributed by atoms with van der Waals surface area (Å²) in [6, 6.07) is 0. The molecule has 0 amide bonds. The van der Waals surface area contributed by atoms with Crippen LogP contribution in [0.1, 0.15) is 0 Å². The summed E-state index contributed by atoms with van der Waals surface area (Å²) in [5.41, 5.74) is -5.30. The maximum Gasteiger partial charge on any atom is 0.523 e. The first-order valence-electron chi connectivity index (χ1n) is 1.68. The third kappa shape index (κ3) is 2.76. The fraction of sp³-hybridized carbons (Fsp3) is 1.00. The molecular formula is C2H5F3O3S2. The zero-order chi connectivity index (χ0) is 7.71. The maximum absolute atomic E-state index is 11.1. The lowest BCUT2D eigenvalue weighted by Crippen LogP contribution is -2.23. The maximum atomic E-state index is 11.1. The second kappa shape index (κ2) is 3.44. The Kier molecular flexibility index (Phi) is 4.37. The Balaban J connectivity index is 0. The second-order valence-corrected chi connectivity index (χ2v) is 2.77. The fourth-order valence-corrected chi connectivity index (χ4v) is 0.283. The molecular weight excluding hydrogens is 193 g/mol. The average Bonchev–Trinajstić information content (AvgIpc) is 1.64. The van der Waals surface area contributed by atoms with E-state index >= 15 is 0 Å². The Bertz CT molecular complexity index is 180. The standard InChI is InChI=1S/C2H3F3O3S.H2S/c1-8-9(6,7)2(3,4)5;/h1H3;1H2. The van der Waals surface area contributed by atoms with Crippen LogP contribution < -0.4 is 0 Å². The minimum atomic E-state index is -5.34. The quantitative estimate of drug-likeness (QED) is 0.457. The molecule has 64 valence electrons. The Morgan fingerprint density at radius 1 is 1.30 bits per heavy atom. The lowest BCUT2D eigenvalue weighted by molar-refractivity contribution is -0.0526. The third-order valence-electron chi connectivity index (χ3n) is 0.503. The summed E-state index contributed by atoms with van der Waals surface area (Å²) in [6.45, 7) is 0. The zero-order valence-electron chi connectivity index (χ0n) is 4.77. The van der Waals surface area contributed by atoms with E-state index in [9.17, 15) is 21.6 Å². The molecule has 0 aliphatic rings. The molecule has 0 radical (unpaired) electrons. The summed E-state index contributed by atoms with van der Waals surface area (Å²) in [5.74, 6) is 0. The van der Waals surface area contributed by atoms with E-state index in [0.717, 1.165) is 0 Å². The van der Waals surface area contributed by atoms with Gasteiger partial charge in [0.1, 0.15) is 0 Å². The molecule has 0 aromatic heterocycles. The molecule has 0 aromatic carbocycles. The van der Waals surface area contributed by atoms with Gasteiger partial charge in [-0.3, -0.25) is 4.18 Å². The lowest BCUT2D eigenvalue weighted by atomic mass is 11.6. The molecule has 0 aliphatic carbocycles. The van der Waals surface area contributed by atoms with Crippen molar-refractivity contribution in [1.29, 1.82) is 0 Å². The van der Waals surface area contributed by atoms with E-state index in [1.165, 1.54) is 0 Å². The van der Waals surface area contributed by atoms with Crippen LogP contribution in [0, 0.1) is 0 Å². The highest BCUT2D eigenvalue weighted by Crippen LogP contribution is 2.23. The number of halogens is 3. The van der Waals surface area contributed by atoms with Crippen LogP contribution in [-0.4, -0.2) is 21.0 Å². The smallest absolute Gasteiger partial charge is 0.267 e. The van der Waals surface area contributed by atoms with Crippen LogP contribution in [0.3, 0.4) is 0 Å². The van der Waals surface area contributed by atoms with E-state index in [1.807, 2.05) is 0 Å². The van der Waals surface area contributed by atoms with E-state index in [2.05, 4.69) is 4.18 Å². The molecule has 0 saturated heterocycles. The normalized spacial score (nSPS) is 12.4. The van der Waals surface area contributed by atoms with E-state index in [1.54, 1.807) is 0 Å². The van der Waals surface area contributed by atoms with E-state index < -0.39 is 15.6 Å². The molecule has 0 saturated carbocycles. The zero-order valence-corrected chi connectivity index (χ0v) is 6.58. The minimum Gasteiger partial charge on any atom is -0.267 e. The summed E-state index contributed by atoms with van der Waals surface area (Å²) < 4.78 is 55.9. The first-order valence-corrected chi connectivity index (χ1v) is 3.09. The van der Waals surface area contributed by atoms with Crippen molar-refractivity contribution in [2.45, 2.75) is 5.51 Å². The van der Waals surface area contributed by atoms with Crippen molar-refractivity contribution in [2.75, 3.05) is 7.11 Å². The molecule has 0 aliphatic heterocycles. The first kappa shape index (κ1) is 12.7. The van der Waals surface area contributed by atoms with Crippen LogP contribution in [0.15, 0.2) is 0 Å². The molecule has 3 nitrogen and oxygen atoms in total. The predicted molar refractivity (Wildman–Crippen MR) is 32.4 cm³/mol. The van der Waals surface area contributed by atoms with Gasteiger partial charge in [0.25, 0.3) is 0 Å². The van der Waals surface area contributed by atoms with Crippen molar-refractivity contribution in [2.24, 2.45) is 0 Å². The highest BCUT2D eigenvalue weighted by atomic mass is 32.2. The molecule has 0 bridgehead atoms. The Morgan fingerprint density at radius 2 is 1.60 bits per heavy atom. The highest BCUT2D eigenvalue weighted by molar-refractivity contribution is 7.87. The highest BCUT2D eigenvalue weighted by Gasteiger charge is 2.46. The minimum absolute atomic E-state index is 0. The summed E-state index contributed by atoms with van der Waals surface area (Å²) in [5, 5.41) is 0. The SMILES string of the molecule is COS(=O)(=O)C(F)(F)F.S. The molecule has 0 N–H and O–H groups in total. The molecule has 0 aromatic rings. The molecule has 0 fully saturated rings.